The summed E-state index contributed by atoms with van der Waals surface area (Å²) >= 11 is 0. The highest BCUT2D eigenvalue weighted by atomic mass is 16.3. The third kappa shape index (κ3) is 4.75. The highest BCUT2D eigenvalue weighted by molar-refractivity contribution is 5.74. The minimum atomic E-state index is -0.0338. The van der Waals surface area contributed by atoms with Crippen LogP contribution in [0.5, 0.6) is 0 Å². The molecule has 3 heterocycles. The van der Waals surface area contributed by atoms with Gasteiger partial charge in [-0.3, -0.25) is 14.5 Å². The Morgan fingerprint density at radius 1 is 1.27 bits per heavy atom. The molecular weight excluding hydrogens is 332 g/mol. The van der Waals surface area contributed by atoms with Crippen LogP contribution in [0.15, 0.2) is 12.4 Å². The maximum atomic E-state index is 12.5. The van der Waals surface area contributed by atoms with E-state index in [4.69, 9.17) is 5.11 Å². The molecule has 1 unspecified atom stereocenters. The highest BCUT2D eigenvalue weighted by Crippen LogP contribution is 2.19. The van der Waals surface area contributed by atoms with E-state index < -0.39 is 0 Å². The predicted octanol–water partition coefficient (Wildman–Crippen LogP) is 0.265. The van der Waals surface area contributed by atoms with Crippen molar-refractivity contribution in [3.8, 4) is 0 Å². The van der Waals surface area contributed by atoms with E-state index in [1.54, 1.807) is 10.9 Å². The van der Waals surface area contributed by atoms with E-state index in [9.17, 15) is 4.79 Å². The highest BCUT2D eigenvalue weighted by Gasteiger charge is 2.29. The predicted molar refractivity (Wildman–Crippen MR) is 99.8 cm³/mol. The monoisotopic (exact) mass is 364 g/mol. The molecule has 2 aliphatic heterocycles. The number of hydrogen-bond acceptors (Lipinski definition) is 5. The van der Waals surface area contributed by atoms with Crippen molar-refractivity contribution in [2.75, 3.05) is 52.4 Å². The topological polar surface area (TPSA) is 76.9 Å². The third-order valence-corrected chi connectivity index (χ3v) is 5.66. The summed E-state index contributed by atoms with van der Waals surface area (Å²) in [5, 5.41) is 16.3. The summed E-state index contributed by atoms with van der Waals surface area (Å²) in [6.07, 6.45) is 5.81. The second-order valence-electron chi connectivity index (χ2n) is 7.44. The van der Waals surface area contributed by atoms with Gasteiger partial charge in [0.15, 0.2) is 0 Å². The Balaban J connectivity index is 1.41. The Kier molecular flexibility index (Phi) is 6.50. The molecule has 0 aromatic carbocycles. The number of carbonyl (C=O) groups excluding carboxylic acids is 1. The molecule has 0 radical (unpaired) electrons. The summed E-state index contributed by atoms with van der Waals surface area (Å²) in [7, 11) is 1.88. The number of nitrogens with one attached hydrogen (secondary N) is 1. The number of rotatable bonds is 5. The first-order valence-electron chi connectivity index (χ1n) is 9.68. The molecule has 2 saturated heterocycles. The molecule has 0 bridgehead atoms. The summed E-state index contributed by atoms with van der Waals surface area (Å²) < 4.78 is 1.75. The summed E-state index contributed by atoms with van der Waals surface area (Å²) in [5.41, 5.74) is 1.02. The van der Waals surface area contributed by atoms with Crippen LogP contribution in [0.4, 0.5) is 4.79 Å². The lowest BCUT2D eigenvalue weighted by Crippen LogP contribution is -2.55. The number of β-amino-alcohol motifs (C(OH)–C–C–N with tert-alkyl or cyclic N) is 1. The van der Waals surface area contributed by atoms with Crippen molar-refractivity contribution in [2.45, 2.75) is 31.8 Å². The molecule has 26 heavy (non-hydrogen) atoms. The first-order valence-corrected chi connectivity index (χ1v) is 9.68. The van der Waals surface area contributed by atoms with E-state index in [1.165, 1.54) is 0 Å². The van der Waals surface area contributed by atoms with Crippen molar-refractivity contribution >= 4 is 6.03 Å². The lowest BCUT2D eigenvalue weighted by atomic mass is 10.0. The molecule has 8 heteroatoms. The Morgan fingerprint density at radius 2 is 1.96 bits per heavy atom. The molecule has 0 aliphatic carbocycles. The van der Waals surface area contributed by atoms with Crippen LogP contribution in [0, 0.1) is 0 Å². The molecule has 2 fully saturated rings. The number of aryl methyl sites for hydroxylation is 1. The standard InChI is InChI=1S/C18H32N6O2/c1-15(16-13-19-21(2)14-16)20-18(26)24-5-3-17(4-6-24)23-9-7-22(8-10-23)11-12-25/h13-15,17,25H,3-12H2,1-2H3,(H,20,26). The molecule has 0 saturated carbocycles. The van der Waals surface area contributed by atoms with Gasteiger partial charge in [0.2, 0.25) is 0 Å². The van der Waals surface area contributed by atoms with Gasteiger partial charge in [0.25, 0.3) is 0 Å². The van der Waals surface area contributed by atoms with Crippen LogP contribution < -0.4 is 5.32 Å². The number of nitrogens with zero attached hydrogens (tertiary/aromatic N) is 5. The van der Waals surface area contributed by atoms with E-state index >= 15 is 0 Å². The molecule has 146 valence electrons. The lowest BCUT2D eigenvalue weighted by Gasteiger charge is -2.42. The molecule has 3 rings (SSSR count). The number of piperazine rings is 1. The number of piperidine rings is 1. The van der Waals surface area contributed by atoms with Gasteiger partial charge in [0, 0.05) is 70.7 Å². The summed E-state index contributed by atoms with van der Waals surface area (Å²) in [4.78, 5) is 19.3. The van der Waals surface area contributed by atoms with E-state index in [2.05, 4.69) is 20.2 Å². The van der Waals surface area contributed by atoms with E-state index in [1.807, 2.05) is 25.1 Å². The van der Waals surface area contributed by atoms with Crippen molar-refractivity contribution < 1.29 is 9.90 Å². The largest absolute Gasteiger partial charge is 0.395 e. The fourth-order valence-corrected chi connectivity index (χ4v) is 3.95. The van der Waals surface area contributed by atoms with Crippen LogP contribution in [-0.4, -0.2) is 94.1 Å². The number of aromatic nitrogens is 2. The number of aliphatic hydroxyl groups excluding tert-OH is 1. The molecule has 8 nitrogen and oxygen atoms in total. The van der Waals surface area contributed by atoms with Gasteiger partial charge in [-0.05, 0) is 19.8 Å². The van der Waals surface area contributed by atoms with Crippen molar-refractivity contribution in [1.29, 1.82) is 0 Å². The van der Waals surface area contributed by atoms with Crippen molar-refractivity contribution in [1.82, 2.24) is 29.8 Å². The van der Waals surface area contributed by atoms with Gasteiger partial charge in [-0.2, -0.15) is 5.10 Å². The Hall–Kier alpha value is -1.64. The first kappa shape index (κ1) is 19.1. The van der Waals surface area contributed by atoms with Crippen LogP contribution >= 0.6 is 0 Å². The van der Waals surface area contributed by atoms with Gasteiger partial charge in [0.05, 0.1) is 18.8 Å². The van der Waals surface area contributed by atoms with Crippen molar-refractivity contribution in [3.05, 3.63) is 18.0 Å². The Bertz CT molecular complexity index is 576. The average Bonchev–Trinajstić information content (AvgIpc) is 3.09. The smallest absolute Gasteiger partial charge is 0.317 e. The van der Waals surface area contributed by atoms with Gasteiger partial charge in [-0.1, -0.05) is 0 Å². The number of hydrogen-bond donors (Lipinski definition) is 2. The number of amides is 2. The van der Waals surface area contributed by atoms with E-state index in [-0.39, 0.29) is 18.7 Å². The van der Waals surface area contributed by atoms with Crippen molar-refractivity contribution in [2.24, 2.45) is 7.05 Å². The Labute approximate surface area is 155 Å². The molecule has 1 aromatic heterocycles. The maximum absolute atomic E-state index is 12.5. The van der Waals surface area contributed by atoms with Crippen LogP contribution in [0.3, 0.4) is 0 Å². The maximum Gasteiger partial charge on any atom is 0.317 e. The molecule has 2 N–H and O–H groups in total. The van der Waals surface area contributed by atoms with Gasteiger partial charge in [-0.15, -0.1) is 0 Å². The average molecular weight is 364 g/mol. The van der Waals surface area contributed by atoms with Crippen LogP contribution in [0.25, 0.3) is 0 Å². The molecular formula is C18H32N6O2. The number of aliphatic hydroxyl groups is 1. The minimum absolute atomic E-state index is 0.0209. The summed E-state index contributed by atoms with van der Waals surface area (Å²) in [5.74, 6) is 0. The van der Waals surface area contributed by atoms with Gasteiger partial charge in [0.1, 0.15) is 0 Å². The minimum Gasteiger partial charge on any atom is -0.395 e. The fourth-order valence-electron chi connectivity index (χ4n) is 3.95. The molecule has 2 aliphatic rings. The van der Waals surface area contributed by atoms with Crippen LogP contribution in [0.2, 0.25) is 0 Å². The zero-order valence-electron chi connectivity index (χ0n) is 16.0. The van der Waals surface area contributed by atoms with Crippen LogP contribution in [0.1, 0.15) is 31.4 Å². The fraction of sp³-hybridized carbons (Fsp3) is 0.778. The lowest BCUT2D eigenvalue weighted by molar-refractivity contribution is 0.0585. The van der Waals surface area contributed by atoms with Crippen molar-refractivity contribution in [3.63, 3.8) is 0 Å². The molecule has 1 atom stereocenters. The summed E-state index contributed by atoms with van der Waals surface area (Å²) in [6.45, 7) is 8.83. The van der Waals surface area contributed by atoms with Crippen LogP contribution in [-0.2, 0) is 7.05 Å². The SMILES string of the molecule is CC(NC(=O)N1CCC(N2CCN(CCO)CC2)CC1)c1cnn(C)c1. The molecule has 2 amide bonds. The zero-order valence-corrected chi connectivity index (χ0v) is 16.0. The summed E-state index contributed by atoms with van der Waals surface area (Å²) in [6, 6.07) is 0.562. The number of likely N-dealkylation sites (tertiary alicyclic amines) is 1. The first-order chi connectivity index (χ1) is 12.6. The quantitative estimate of drug-likeness (QED) is 0.784. The van der Waals surface area contributed by atoms with Gasteiger partial charge >= 0.3 is 6.03 Å². The van der Waals surface area contributed by atoms with Gasteiger partial charge in [-0.25, -0.2) is 4.79 Å². The second-order valence-corrected chi connectivity index (χ2v) is 7.44. The molecule has 0 spiro atoms. The normalized spacial score (nSPS) is 21.7. The second kappa shape index (κ2) is 8.83. The number of urea groups is 1. The third-order valence-electron chi connectivity index (χ3n) is 5.66. The van der Waals surface area contributed by atoms with E-state index in [0.29, 0.717) is 6.04 Å². The number of carbonyl (C=O) groups is 1. The Morgan fingerprint density at radius 3 is 2.54 bits per heavy atom. The van der Waals surface area contributed by atoms with Gasteiger partial charge < -0.3 is 15.3 Å². The van der Waals surface area contributed by atoms with E-state index in [0.717, 1.165) is 64.2 Å². The molecule has 1 aromatic rings. The zero-order chi connectivity index (χ0) is 18.5.